The van der Waals surface area contributed by atoms with Gasteiger partial charge in [0.05, 0.1) is 24.9 Å². The molecule has 0 unspecified atom stereocenters. The molecule has 0 amide bonds. The fourth-order valence-electron chi connectivity index (χ4n) is 3.64. The van der Waals surface area contributed by atoms with Crippen LogP contribution in [0.1, 0.15) is 65.7 Å². The molecule has 9 nitrogen and oxygen atoms in total. The number of hydrogen-bond acceptors (Lipinski definition) is 11. The first-order valence-electron chi connectivity index (χ1n) is 12.5. The number of thiazole rings is 1. The highest BCUT2D eigenvalue weighted by atomic mass is 32.2. The standard InChI is InChI=1S/C25H38N5O4PS2/c1-15(2)13-20(14-32-35(31,33-16(3)4)34-17(5)6)27-22-21-23(28-24(26)37-21)30-25(29-22)36-18(7)19-11-9-8-10-12-19/h8-12,15-18,20H,13-14H2,1-7H3,(H3,26,27,28,29,30)/t18-,20+/m0/s1. The van der Waals surface area contributed by atoms with E-state index in [0.29, 0.717) is 27.7 Å². The molecule has 0 bridgehead atoms. The molecule has 2 heterocycles. The molecule has 0 aliphatic carbocycles. The number of hydrogen-bond donors (Lipinski definition) is 2. The predicted octanol–water partition coefficient (Wildman–Crippen LogP) is 7.32. The number of nitrogens with zero attached hydrogens (tertiary/aromatic N) is 3. The van der Waals surface area contributed by atoms with Crippen molar-refractivity contribution >= 4 is 52.2 Å². The van der Waals surface area contributed by atoms with Gasteiger partial charge in [-0.15, -0.1) is 0 Å². The Balaban J connectivity index is 1.86. The van der Waals surface area contributed by atoms with Gasteiger partial charge in [0.15, 0.2) is 21.8 Å². The molecular formula is C25H38N5O4PS2. The zero-order chi connectivity index (χ0) is 27.2. The summed E-state index contributed by atoms with van der Waals surface area (Å²) in [6, 6.07) is 9.99. The molecule has 204 valence electrons. The van der Waals surface area contributed by atoms with Crippen molar-refractivity contribution in [3.05, 3.63) is 35.9 Å². The summed E-state index contributed by atoms with van der Waals surface area (Å²) in [6.07, 6.45) is 0.120. The van der Waals surface area contributed by atoms with Gasteiger partial charge in [-0.1, -0.05) is 67.3 Å². The lowest BCUT2D eigenvalue weighted by Crippen LogP contribution is -2.28. The first kappa shape index (κ1) is 29.8. The van der Waals surface area contributed by atoms with Crippen molar-refractivity contribution in [1.29, 1.82) is 0 Å². The highest BCUT2D eigenvalue weighted by molar-refractivity contribution is 7.99. The number of phosphoric ester groups is 1. The highest BCUT2D eigenvalue weighted by Gasteiger charge is 2.31. The van der Waals surface area contributed by atoms with E-state index in [9.17, 15) is 4.57 Å². The van der Waals surface area contributed by atoms with Crippen LogP contribution in [0.3, 0.4) is 0 Å². The fourth-order valence-corrected chi connectivity index (χ4v) is 6.82. The van der Waals surface area contributed by atoms with E-state index in [1.807, 2.05) is 18.2 Å². The van der Waals surface area contributed by atoms with Crippen LogP contribution in [0.4, 0.5) is 10.9 Å². The minimum atomic E-state index is -3.75. The number of rotatable bonds is 14. The summed E-state index contributed by atoms with van der Waals surface area (Å²) in [6.45, 7) is 13.6. The SMILES string of the molecule is CC(C)C[C@H](COP(=O)(OC(C)C)OC(C)C)Nc1nc(S[C@@H](C)c2ccccc2)nc2nc(N)sc12. The maximum absolute atomic E-state index is 13.3. The number of thioether (sulfide) groups is 1. The largest absolute Gasteiger partial charge is 0.475 e. The molecule has 2 atom stereocenters. The van der Waals surface area contributed by atoms with E-state index in [0.717, 1.165) is 11.1 Å². The van der Waals surface area contributed by atoms with Gasteiger partial charge in [-0.25, -0.2) is 19.5 Å². The molecule has 0 saturated heterocycles. The normalized spacial score (nSPS) is 14.1. The maximum atomic E-state index is 13.3. The lowest BCUT2D eigenvalue weighted by atomic mass is 10.0. The van der Waals surface area contributed by atoms with E-state index >= 15 is 0 Å². The van der Waals surface area contributed by atoms with Crippen molar-refractivity contribution in [2.45, 2.75) is 83.5 Å². The third kappa shape index (κ3) is 9.19. The van der Waals surface area contributed by atoms with Crippen LogP contribution in [0.15, 0.2) is 35.5 Å². The van der Waals surface area contributed by atoms with Crippen molar-refractivity contribution in [3.8, 4) is 0 Å². The minimum Gasteiger partial charge on any atom is -0.375 e. The molecule has 0 saturated carbocycles. The molecule has 37 heavy (non-hydrogen) atoms. The number of fused-ring (bicyclic) bond motifs is 1. The monoisotopic (exact) mass is 567 g/mol. The van der Waals surface area contributed by atoms with Gasteiger partial charge in [-0.3, -0.25) is 13.6 Å². The molecule has 2 aromatic heterocycles. The summed E-state index contributed by atoms with van der Waals surface area (Å²) in [7, 11) is -3.75. The molecule has 0 fully saturated rings. The second-order valence-corrected chi connectivity index (χ2v) is 13.7. The first-order chi connectivity index (χ1) is 17.4. The molecule has 3 N–H and O–H groups in total. The van der Waals surface area contributed by atoms with Crippen LogP contribution < -0.4 is 11.1 Å². The van der Waals surface area contributed by atoms with E-state index < -0.39 is 7.82 Å². The van der Waals surface area contributed by atoms with E-state index in [4.69, 9.17) is 24.3 Å². The predicted molar refractivity (Wildman–Crippen MR) is 153 cm³/mol. The summed E-state index contributed by atoms with van der Waals surface area (Å²) in [5, 5.41) is 4.65. The van der Waals surface area contributed by atoms with Crippen molar-refractivity contribution in [2.75, 3.05) is 17.7 Å². The van der Waals surface area contributed by atoms with Crippen LogP contribution in [0.5, 0.6) is 0 Å². The Hall–Kier alpha value is -1.75. The van der Waals surface area contributed by atoms with Crippen molar-refractivity contribution in [2.24, 2.45) is 5.92 Å². The van der Waals surface area contributed by atoms with Crippen LogP contribution in [0, 0.1) is 5.92 Å². The van der Waals surface area contributed by atoms with Crippen molar-refractivity contribution in [3.63, 3.8) is 0 Å². The van der Waals surface area contributed by atoms with E-state index in [-0.39, 0.29) is 30.1 Å². The number of phosphoric acid groups is 1. The average Bonchev–Trinajstić information content (AvgIpc) is 3.17. The molecule has 0 aliphatic heterocycles. The number of nitrogens with one attached hydrogen (secondary N) is 1. The summed E-state index contributed by atoms with van der Waals surface area (Å²) < 4.78 is 31.0. The third-order valence-corrected chi connectivity index (χ3v) is 8.74. The Morgan fingerprint density at radius 2 is 1.65 bits per heavy atom. The number of benzene rings is 1. The fraction of sp³-hybridized carbons (Fsp3) is 0.560. The van der Waals surface area contributed by atoms with Gasteiger partial charge in [0.25, 0.3) is 0 Å². The first-order valence-corrected chi connectivity index (χ1v) is 15.6. The Bertz CT molecular complexity index is 1180. The Morgan fingerprint density at radius 3 is 2.24 bits per heavy atom. The number of aromatic nitrogens is 3. The number of anilines is 2. The van der Waals surface area contributed by atoms with Gasteiger partial charge in [-0.05, 0) is 52.5 Å². The molecule has 1 aromatic carbocycles. The lowest BCUT2D eigenvalue weighted by Gasteiger charge is -2.26. The summed E-state index contributed by atoms with van der Waals surface area (Å²) in [5.74, 6) is 0.967. The van der Waals surface area contributed by atoms with Crippen LogP contribution in [-0.4, -0.2) is 39.8 Å². The Kier molecular flexibility index (Phi) is 10.8. The van der Waals surface area contributed by atoms with Crippen molar-refractivity contribution < 1.29 is 18.1 Å². The van der Waals surface area contributed by atoms with Gasteiger partial charge < -0.3 is 11.1 Å². The van der Waals surface area contributed by atoms with Crippen LogP contribution in [-0.2, 0) is 18.1 Å². The van der Waals surface area contributed by atoms with E-state index in [1.54, 1.807) is 39.5 Å². The third-order valence-electron chi connectivity index (χ3n) is 5.01. The second kappa shape index (κ2) is 13.4. The summed E-state index contributed by atoms with van der Waals surface area (Å²) >= 11 is 2.88. The Morgan fingerprint density at radius 1 is 1.00 bits per heavy atom. The molecule has 3 rings (SSSR count). The second-order valence-electron chi connectivity index (χ2n) is 9.75. The summed E-state index contributed by atoms with van der Waals surface area (Å²) in [5.41, 5.74) is 7.76. The van der Waals surface area contributed by atoms with Gasteiger partial charge in [0.2, 0.25) is 0 Å². The molecule has 12 heteroatoms. The van der Waals surface area contributed by atoms with Gasteiger partial charge >= 0.3 is 7.82 Å². The van der Waals surface area contributed by atoms with E-state index in [2.05, 4.69) is 48.2 Å². The van der Waals surface area contributed by atoms with E-state index in [1.165, 1.54) is 16.9 Å². The van der Waals surface area contributed by atoms with Crippen molar-refractivity contribution in [1.82, 2.24) is 15.0 Å². The van der Waals surface area contributed by atoms with Gasteiger partial charge in [0, 0.05) is 5.25 Å². The average molecular weight is 568 g/mol. The number of nitrogens with two attached hydrogens (primary N) is 1. The number of nitrogen functional groups attached to an aromatic ring is 1. The van der Waals surface area contributed by atoms with Crippen LogP contribution in [0.25, 0.3) is 10.3 Å². The zero-order valence-electron chi connectivity index (χ0n) is 22.5. The van der Waals surface area contributed by atoms with Crippen LogP contribution >= 0.6 is 30.9 Å². The molecule has 0 radical (unpaired) electrons. The molecule has 0 aliphatic rings. The molecule has 3 aromatic rings. The lowest BCUT2D eigenvalue weighted by molar-refractivity contribution is 0.0689. The molecular weight excluding hydrogens is 529 g/mol. The van der Waals surface area contributed by atoms with Gasteiger partial charge in [0.1, 0.15) is 4.70 Å². The van der Waals surface area contributed by atoms with Gasteiger partial charge in [-0.2, -0.15) is 0 Å². The zero-order valence-corrected chi connectivity index (χ0v) is 25.0. The minimum absolute atomic E-state index is 0.109. The van der Waals surface area contributed by atoms with Crippen LogP contribution in [0.2, 0.25) is 0 Å². The smallest absolute Gasteiger partial charge is 0.375 e. The molecule has 0 spiro atoms. The Labute approximate surface area is 227 Å². The topological polar surface area (TPSA) is 121 Å². The highest BCUT2D eigenvalue weighted by Crippen LogP contribution is 2.52. The maximum Gasteiger partial charge on any atom is 0.475 e. The quantitative estimate of drug-likeness (QED) is 0.116. The summed E-state index contributed by atoms with van der Waals surface area (Å²) in [4.78, 5) is 13.9.